The number of carbonyl (C=O) groups excluding carboxylic acids is 1. The molecule has 0 unspecified atom stereocenters. The molecule has 0 saturated carbocycles. The van der Waals surface area contributed by atoms with Crippen LogP contribution >= 0.6 is 0 Å². The minimum atomic E-state index is -4.54. The summed E-state index contributed by atoms with van der Waals surface area (Å²) in [5.41, 5.74) is -0.398. The highest BCUT2D eigenvalue weighted by molar-refractivity contribution is 6.03. The van der Waals surface area contributed by atoms with Crippen LogP contribution in [0.3, 0.4) is 0 Å². The van der Waals surface area contributed by atoms with E-state index in [-0.39, 0.29) is 11.4 Å². The van der Waals surface area contributed by atoms with Crippen LogP contribution in [0.5, 0.6) is 0 Å². The van der Waals surface area contributed by atoms with E-state index in [9.17, 15) is 18.0 Å². The molecule has 0 aliphatic carbocycles. The van der Waals surface area contributed by atoms with Gasteiger partial charge in [-0.05, 0) is 30.2 Å². The van der Waals surface area contributed by atoms with Crippen LogP contribution in [0.25, 0.3) is 0 Å². The van der Waals surface area contributed by atoms with Gasteiger partial charge in [-0.2, -0.15) is 13.2 Å². The summed E-state index contributed by atoms with van der Waals surface area (Å²) < 4.78 is 38.8. The number of hydrogen-bond acceptors (Lipinski definition) is 3. The van der Waals surface area contributed by atoms with E-state index < -0.39 is 17.6 Å². The largest absolute Gasteiger partial charge is 0.418 e. The molecule has 0 aliphatic heterocycles. The molecule has 0 spiro atoms. The van der Waals surface area contributed by atoms with Gasteiger partial charge in [0.25, 0.3) is 5.91 Å². The van der Waals surface area contributed by atoms with Crippen LogP contribution in [0.4, 0.5) is 24.5 Å². The number of rotatable bonds is 5. The van der Waals surface area contributed by atoms with Crippen molar-refractivity contribution < 1.29 is 18.0 Å². The highest BCUT2D eigenvalue weighted by Crippen LogP contribution is 2.34. The van der Waals surface area contributed by atoms with Gasteiger partial charge >= 0.3 is 6.18 Å². The Bertz CT molecular complexity index is 697. The van der Waals surface area contributed by atoms with Crippen molar-refractivity contribution in [2.24, 2.45) is 5.92 Å². The third-order valence-electron chi connectivity index (χ3n) is 3.19. The van der Waals surface area contributed by atoms with Crippen LogP contribution in [0.2, 0.25) is 0 Å². The molecule has 0 aliphatic rings. The molecule has 1 aromatic heterocycles. The van der Waals surface area contributed by atoms with Gasteiger partial charge in [-0.3, -0.25) is 4.79 Å². The van der Waals surface area contributed by atoms with E-state index in [1.165, 1.54) is 30.5 Å². The summed E-state index contributed by atoms with van der Waals surface area (Å²) in [7, 11) is 0. The Morgan fingerprint density at radius 1 is 1.17 bits per heavy atom. The molecule has 2 rings (SSSR count). The van der Waals surface area contributed by atoms with E-state index in [0.717, 1.165) is 18.3 Å². The van der Waals surface area contributed by atoms with Crippen molar-refractivity contribution in [3.63, 3.8) is 0 Å². The molecule has 0 bridgehead atoms. The number of hydrogen-bond donors (Lipinski definition) is 2. The number of carbonyl (C=O) groups is 1. The SMILES string of the molecule is CC(C)CNc1ccc(C(=O)Nc2ccccc2C(F)(F)F)nc1. The van der Waals surface area contributed by atoms with E-state index in [4.69, 9.17) is 0 Å². The lowest BCUT2D eigenvalue weighted by molar-refractivity contribution is -0.136. The van der Waals surface area contributed by atoms with Crippen molar-refractivity contribution in [2.75, 3.05) is 17.2 Å². The fraction of sp³-hybridized carbons (Fsp3) is 0.294. The highest BCUT2D eigenvalue weighted by atomic mass is 19.4. The number of pyridine rings is 1. The summed E-state index contributed by atoms with van der Waals surface area (Å²) in [6.45, 7) is 4.87. The van der Waals surface area contributed by atoms with Crippen LogP contribution in [-0.4, -0.2) is 17.4 Å². The number of nitrogens with one attached hydrogen (secondary N) is 2. The van der Waals surface area contributed by atoms with Crippen LogP contribution in [-0.2, 0) is 6.18 Å². The maximum Gasteiger partial charge on any atom is 0.418 e. The first-order chi connectivity index (χ1) is 11.3. The topological polar surface area (TPSA) is 54.0 Å². The zero-order valence-corrected chi connectivity index (χ0v) is 13.3. The number of nitrogens with zero attached hydrogens (tertiary/aromatic N) is 1. The molecule has 1 amide bonds. The van der Waals surface area contributed by atoms with Gasteiger partial charge < -0.3 is 10.6 Å². The Morgan fingerprint density at radius 3 is 2.46 bits per heavy atom. The van der Waals surface area contributed by atoms with Gasteiger partial charge in [0.15, 0.2) is 0 Å². The van der Waals surface area contributed by atoms with E-state index in [1.807, 2.05) is 0 Å². The van der Waals surface area contributed by atoms with Gasteiger partial charge in [0.2, 0.25) is 0 Å². The third-order valence-corrected chi connectivity index (χ3v) is 3.19. The van der Waals surface area contributed by atoms with E-state index in [1.54, 1.807) is 6.07 Å². The molecule has 0 fully saturated rings. The first-order valence-electron chi connectivity index (χ1n) is 7.45. The first kappa shape index (κ1) is 17.8. The Morgan fingerprint density at radius 2 is 1.88 bits per heavy atom. The number of aromatic nitrogens is 1. The van der Waals surface area contributed by atoms with E-state index in [0.29, 0.717) is 5.92 Å². The molecule has 2 N–H and O–H groups in total. The number of amides is 1. The summed E-state index contributed by atoms with van der Waals surface area (Å²) >= 11 is 0. The minimum absolute atomic E-state index is 0.0436. The summed E-state index contributed by atoms with van der Waals surface area (Å²) in [6, 6.07) is 7.96. The Balaban J connectivity index is 2.11. The van der Waals surface area contributed by atoms with Gasteiger partial charge in [0.05, 0.1) is 23.1 Å². The zero-order valence-electron chi connectivity index (χ0n) is 13.3. The van der Waals surface area contributed by atoms with Crippen LogP contribution in [0.15, 0.2) is 42.6 Å². The maximum atomic E-state index is 12.9. The van der Waals surface area contributed by atoms with Gasteiger partial charge in [-0.1, -0.05) is 26.0 Å². The lowest BCUT2D eigenvalue weighted by Gasteiger charge is -2.13. The predicted molar refractivity (Wildman–Crippen MR) is 87.0 cm³/mol. The van der Waals surface area contributed by atoms with Crippen molar-refractivity contribution in [1.82, 2.24) is 4.98 Å². The molecule has 0 saturated heterocycles. The number of alkyl halides is 3. The fourth-order valence-corrected chi connectivity index (χ4v) is 1.98. The van der Waals surface area contributed by atoms with E-state index in [2.05, 4.69) is 29.5 Å². The lowest BCUT2D eigenvalue weighted by atomic mass is 10.1. The van der Waals surface area contributed by atoms with E-state index >= 15 is 0 Å². The number of anilines is 2. The first-order valence-corrected chi connectivity index (χ1v) is 7.45. The summed E-state index contributed by atoms with van der Waals surface area (Å²) in [4.78, 5) is 16.1. The third kappa shape index (κ3) is 4.71. The van der Waals surface area contributed by atoms with Crippen molar-refractivity contribution in [3.8, 4) is 0 Å². The summed E-state index contributed by atoms with van der Waals surface area (Å²) in [5.74, 6) is -0.242. The predicted octanol–water partition coefficient (Wildman–Crippen LogP) is 4.42. The standard InChI is InChI=1S/C17H18F3N3O/c1-11(2)9-21-12-7-8-15(22-10-12)16(24)23-14-6-4-3-5-13(14)17(18,19)20/h3-8,10-11,21H,9H2,1-2H3,(H,23,24). The normalized spacial score (nSPS) is 11.4. The lowest BCUT2D eigenvalue weighted by Crippen LogP contribution is -2.17. The van der Waals surface area contributed by atoms with Gasteiger partial charge in [-0.25, -0.2) is 4.98 Å². The van der Waals surface area contributed by atoms with Crippen LogP contribution < -0.4 is 10.6 Å². The number of benzene rings is 1. The highest BCUT2D eigenvalue weighted by Gasteiger charge is 2.33. The summed E-state index contributed by atoms with van der Waals surface area (Å²) in [5, 5.41) is 5.41. The molecule has 7 heteroatoms. The second-order valence-corrected chi connectivity index (χ2v) is 5.70. The van der Waals surface area contributed by atoms with Crippen LogP contribution in [0.1, 0.15) is 29.9 Å². The quantitative estimate of drug-likeness (QED) is 0.849. The molecule has 4 nitrogen and oxygen atoms in total. The van der Waals surface area contributed by atoms with Gasteiger partial charge in [0, 0.05) is 6.54 Å². The smallest absolute Gasteiger partial charge is 0.384 e. The average Bonchev–Trinajstić information content (AvgIpc) is 2.53. The Hall–Kier alpha value is -2.57. The van der Waals surface area contributed by atoms with Crippen molar-refractivity contribution in [2.45, 2.75) is 20.0 Å². The van der Waals surface area contributed by atoms with Crippen molar-refractivity contribution >= 4 is 17.3 Å². The van der Waals surface area contributed by atoms with Gasteiger partial charge in [-0.15, -0.1) is 0 Å². The molecular formula is C17H18F3N3O. The van der Waals surface area contributed by atoms with Crippen molar-refractivity contribution in [3.05, 3.63) is 53.9 Å². The molecule has 0 atom stereocenters. The number of para-hydroxylation sites is 1. The Labute approximate surface area is 138 Å². The van der Waals surface area contributed by atoms with Crippen molar-refractivity contribution in [1.29, 1.82) is 0 Å². The van der Waals surface area contributed by atoms with Crippen LogP contribution in [0, 0.1) is 5.92 Å². The Kier molecular flexibility index (Phi) is 5.43. The molecule has 24 heavy (non-hydrogen) atoms. The second-order valence-electron chi connectivity index (χ2n) is 5.70. The maximum absolute atomic E-state index is 12.9. The molecule has 0 radical (unpaired) electrons. The molecule has 128 valence electrons. The minimum Gasteiger partial charge on any atom is -0.384 e. The number of halogens is 3. The summed E-state index contributed by atoms with van der Waals surface area (Å²) in [6.07, 6.45) is -3.06. The zero-order chi connectivity index (χ0) is 17.7. The monoisotopic (exact) mass is 337 g/mol. The molecule has 1 heterocycles. The molecule has 2 aromatic rings. The molecule has 1 aromatic carbocycles. The molecular weight excluding hydrogens is 319 g/mol. The van der Waals surface area contributed by atoms with Gasteiger partial charge in [0.1, 0.15) is 5.69 Å². The average molecular weight is 337 g/mol. The second kappa shape index (κ2) is 7.33. The fourth-order valence-electron chi connectivity index (χ4n) is 1.98.